The van der Waals surface area contributed by atoms with Gasteiger partial charge in [-0.05, 0) is 68.2 Å². The van der Waals surface area contributed by atoms with E-state index in [0.717, 1.165) is 62.8 Å². The number of esters is 1. The average molecular weight is 418 g/mol. The van der Waals surface area contributed by atoms with E-state index in [2.05, 4.69) is 18.9 Å². The summed E-state index contributed by atoms with van der Waals surface area (Å²) in [6.07, 6.45) is 5.43. The zero-order valence-corrected chi connectivity index (χ0v) is 18.8. The van der Waals surface area contributed by atoms with Gasteiger partial charge in [-0.15, -0.1) is 0 Å². The molecule has 30 heavy (non-hydrogen) atoms. The quantitative estimate of drug-likeness (QED) is 0.713. The molecule has 166 valence electrons. The fraction of sp³-hybridized carbons (Fsp3) is 0.792. The van der Waals surface area contributed by atoms with Crippen molar-refractivity contribution in [1.29, 1.82) is 0 Å². The summed E-state index contributed by atoms with van der Waals surface area (Å²) in [6.45, 7) is 4.60. The third-order valence-corrected chi connectivity index (χ3v) is 9.19. The highest BCUT2D eigenvalue weighted by atomic mass is 16.7. The van der Waals surface area contributed by atoms with Crippen LogP contribution in [0.15, 0.2) is 22.3 Å². The molecule has 0 saturated carbocycles. The van der Waals surface area contributed by atoms with Crippen LogP contribution in [-0.2, 0) is 19.0 Å². The Morgan fingerprint density at radius 1 is 1.30 bits per heavy atom. The normalized spacial score (nSPS) is 43.2. The first-order valence-corrected chi connectivity index (χ1v) is 11.5. The minimum Gasteiger partial charge on any atom is -0.466 e. The molecule has 2 bridgehead atoms. The molecule has 5 rings (SSSR count). The number of ether oxygens (including phenoxy) is 3. The Morgan fingerprint density at radius 3 is 2.73 bits per heavy atom. The minimum atomic E-state index is -0.514. The van der Waals surface area contributed by atoms with E-state index in [4.69, 9.17) is 14.2 Å². The molecule has 1 N–H and O–H groups in total. The first-order chi connectivity index (χ1) is 14.4. The standard InChI is InChI=1S/C24H35NO5/c1-5-24(29-4)9-8-22(14-30-24)15-10-19(26)17-7-6-16-18(21(27)28-3)11-23(22,20(16)17)13-25(2)12-15/h15,19,26H,5-14H2,1-4H3. The molecule has 2 heterocycles. The molecule has 6 heteroatoms. The number of allylic oxidation sites excluding steroid dienone is 1. The number of methoxy groups -OCH3 is 2. The second-order valence-corrected chi connectivity index (χ2v) is 10.2. The molecule has 6 nitrogen and oxygen atoms in total. The fourth-order valence-electron chi connectivity index (χ4n) is 7.75. The highest BCUT2D eigenvalue weighted by molar-refractivity contribution is 5.92. The fourth-order valence-corrected chi connectivity index (χ4v) is 7.75. The summed E-state index contributed by atoms with van der Waals surface area (Å²) in [6, 6.07) is 0. The molecule has 2 fully saturated rings. The molecule has 0 aromatic heterocycles. The van der Waals surface area contributed by atoms with Gasteiger partial charge in [0.1, 0.15) is 0 Å². The van der Waals surface area contributed by atoms with Gasteiger partial charge in [0.05, 0.1) is 19.8 Å². The van der Waals surface area contributed by atoms with Crippen molar-refractivity contribution >= 4 is 5.97 Å². The summed E-state index contributed by atoms with van der Waals surface area (Å²) in [5.74, 6) is -0.395. The van der Waals surface area contributed by atoms with Gasteiger partial charge >= 0.3 is 5.97 Å². The van der Waals surface area contributed by atoms with Crippen molar-refractivity contribution in [3.63, 3.8) is 0 Å². The second-order valence-electron chi connectivity index (χ2n) is 10.2. The van der Waals surface area contributed by atoms with Crippen molar-refractivity contribution in [1.82, 2.24) is 4.90 Å². The van der Waals surface area contributed by atoms with E-state index in [-0.39, 0.29) is 16.8 Å². The molecule has 5 unspecified atom stereocenters. The van der Waals surface area contributed by atoms with Crippen molar-refractivity contribution < 1.29 is 24.1 Å². The number of piperidine rings is 1. The number of carbonyl (C=O) groups is 1. The Bertz CT molecular complexity index is 815. The van der Waals surface area contributed by atoms with Crippen molar-refractivity contribution in [2.24, 2.45) is 16.7 Å². The molecular weight excluding hydrogens is 382 g/mol. The number of aliphatic hydroxyl groups excluding tert-OH is 1. The number of hydrogen-bond donors (Lipinski definition) is 1. The zero-order valence-electron chi connectivity index (χ0n) is 18.8. The monoisotopic (exact) mass is 417 g/mol. The Balaban J connectivity index is 1.67. The molecule has 5 aliphatic rings. The van der Waals surface area contributed by atoms with Gasteiger partial charge in [0, 0.05) is 43.0 Å². The highest BCUT2D eigenvalue weighted by Gasteiger charge is 2.68. The number of likely N-dealkylation sites (tertiary alicyclic amines) is 1. The lowest BCUT2D eigenvalue weighted by Crippen LogP contribution is -2.64. The van der Waals surface area contributed by atoms with Crippen molar-refractivity contribution in [3.8, 4) is 0 Å². The largest absolute Gasteiger partial charge is 0.466 e. The Morgan fingerprint density at radius 2 is 2.10 bits per heavy atom. The topological polar surface area (TPSA) is 68.2 Å². The molecule has 0 amide bonds. The summed E-state index contributed by atoms with van der Waals surface area (Å²) in [7, 11) is 5.40. The third kappa shape index (κ3) is 2.48. The predicted octanol–water partition coefficient (Wildman–Crippen LogP) is 2.81. The van der Waals surface area contributed by atoms with Gasteiger partial charge in [0.2, 0.25) is 0 Å². The van der Waals surface area contributed by atoms with Gasteiger partial charge < -0.3 is 24.2 Å². The Labute approximate surface area is 179 Å². The SMILES string of the molecule is CCC1(OC)CCC2(CO1)C1CC(O)C3=C4C(=C(C(=O)OC)CC42CN(C)C1)CC3. The summed E-state index contributed by atoms with van der Waals surface area (Å²) >= 11 is 0. The van der Waals surface area contributed by atoms with Gasteiger partial charge in [-0.2, -0.15) is 0 Å². The van der Waals surface area contributed by atoms with Crippen LogP contribution in [0.1, 0.15) is 51.9 Å². The van der Waals surface area contributed by atoms with E-state index in [1.165, 1.54) is 18.3 Å². The van der Waals surface area contributed by atoms with E-state index in [1.807, 2.05) is 0 Å². The van der Waals surface area contributed by atoms with Crippen LogP contribution in [-0.4, -0.2) is 68.8 Å². The van der Waals surface area contributed by atoms with Crippen LogP contribution >= 0.6 is 0 Å². The summed E-state index contributed by atoms with van der Waals surface area (Å²) in [4.78, 5) is 15.2. The van der Waals surface area contributed by atoms with Gasteiger partial charge in [0.15, 0.2) is 5.79 Å². The number of aliphatic hydroxyl groups is 1. The van der Waals surface area contributed by atoms with E-state index in [9.17, 15) is 9.90 Å². The first kappa shape index (κ1) is 20.7. The maximum atomic E-state index is 12.8. The molecule has 0 radical (unpaired) electrons. The maximum Gasteiger partial charge on any atom is 0.334 e. The molecule has 2 saturated heterocycles. The molecule has 3 aliphatic carbocycles. The summed E-state index contributed by atoms with van der Waals surface area (Å²) < 4.78 is 17.6. The van der Waals surface area contributed by atoms with Crippen LogP contribution < -0.4 is 0 Å². The predicted molar refractivity (Wildman–Crippen MR) is 112 cm³/mol. The van der Waals surface area contributed by atoms with Crippen molar-refractivity contribution in [2.75, 3.05) is 41.0 Å². The van der Waals surface area contributed by atoms with Crippen molar-refractivity contribution in [2.45, 2.75) is 63.8 Å². The van der Waals surface area contributed by atoms with Gasteiger partial charge in [0.25, 0.3) is 0 Å². The van der Waals surface area contributed by atoms with E-state index < -0.39 is 11.9 Å². The van der Waals surface area contributed by atoms with Crippen LogP contribution in [0, 0.1) is 16.7 Å². The van der Waals surface area contributed by atoms with E-state index in [0.29, 0.717) is 18.9 Å². The van der Waals surface area contributed by atoms with E-state index >= 15 is 0 Å². The minimum absolute atomic E-state index is 0.0971. The van der Waals surface area contributed by atoms with Crippen LogP contribution in [0.4, 0.5) is 0 Å². The zero-order chi connectivity index (χ0) is 21.3. The number of nitrogens with zero attached hydrogens (tertiary/aromatic N) is 1. The molecule has 2 aliphatic heterocycles. The number of carbonyl (C=O) groups excluding carboxylic acids is 1. The van der Waals surface area contributed by atoms with Crippen LogP contribution in [0.3, 0.4) is 0 Å². The summed E-state index contributed by atoms with van der Waals surface area (Å²) in [5, 5.41) is 11.3. The van der Waals surface area contributed by atoms with Crippen LogP contribution in [0.5, 0.6) is 0 Å². The van der Waals surface area contributed by atoms with Crippen LogP contribution in [0.2, 0.25) is 0 Å². The van der Waals surface area contributed by atoms with E-state index in [1.54, 1.807) is 7.11 Å². The van der Waals surface area contributed by atoms with Gasteiger partial charge in [-0.25, -0.2) is 4.79 Å². The lowest BCUT2D eigenvalue weighted by molar-refractivity contribution is -0.294. The molecule has 0 aromatic rings. The summed E-state index contributed by atoms with van der Waals surface area (Å²) in [5.41, 5.74) is 4.17. The van der Waals surface area contributed by atoms with Crippen molar-refractivity contribution in [3.05, 3.63) is 22.3 Å². The van der Waals surface area contributed by atoms with Gasteiger partial charge in [-0.3, -0.25) is 0 Å². The third-order valence-electron chi connectivity index (χ3n) is 9.19. The molecule has 0 aromatic carbocycles. The Kier molecular flexibility index (Phi) is 4.75. The van der Waals surface area contributed by atoms with Gasteiger partial charge in [-0.1, -0.05) is 6.92 Å². The lowest BCUT2D eigenvalue weighted by Gasteiger charge is -2.62. The van der Waals surface area contributed by atoms with Crippen LogP contribution in [0.25, 0.3) is 0 Å². The molecular formula is C24H35NO5. The smallest absolute Gasteiger partial charge is 0.334 e. The first-order valence-electron chi connectivity index (χ1n) is 11.5. The highest BCUT2D eigenvalue weighted by Crippen LogP contribution is 2.70. The number of hydrogen-bond acceptors (Lipinski definition) is 6. The molecule has 2 spiro atoms. The molecule has 5 atom stereocenters. The lowest BCUT2D eigenvalue weighted by atomic mass is 9.50. The number of rotatable bonds is 3. The second kappa shape index (κ2) is 6.89. The maximum absolute atomic E-state index is 12.8. The average Bonchev–Trinajstić information content (AvgIpc) is 3.31. The Hall–Kier alpha value is -1.21.